The lowest BCUT2D eigenvalue weighted by atomic mass is 10.1. The molecule has 0 aliphatic carbocycles. The zero-order valence-electron chi connectivity index (χ0n) is 17.7. The van der Waals surface area contributed by atoms with E-state index in [1.807, 2.05) is 30.3 Å². The summed E-state index contributed by atoms with van der Waals surface area (Å²) in [6, 6.07) is 12.1. The van der Waals surface area contributed by atoms with Crippen LogP contribution in [-0.2, 0) is 11.4 Å². The van der Waals surface area contributed by atoms with E-state index in [-0.39, 0.29) is 38.7 Å². The second-order valence-corrected chi connectivity index (χ2v) is 8.18. The lowest BCUT2D eigenvalue weighted by molar-refractivity contribution is -0.114. The Morgan fingerprint density at radius 1 is 0.914 bits per heavy atom. The summed E-state index contributed by atoms with van der Waals surface area (Å²) in [5.74, 6) is -12.0. The van der Waals surface area contributed by atoms with Gasteiger partial charge in [0.05, 0.1) is 21.3 Å². The smallest absolute Gasteiger partial charge is 0.280 e. The van der Waals surface area contributed by atoms with Gasteiger partial charge in [0.15, 0.2) is 29.0 Å². The van der Waals surface area contributed by atoms with Crippen molar-refractivity contribution in [3.05, 3.63) is 98.3 Å². The third-order valence-electron chi connectivity index (χ3n) is 5.02. The Bertz CT molecular complexity index is 1360. The monoisotopic (exact) mass is 526 g/mol. The Morgan fingerprint density at radius 3 is 2.03 bits per heavy atom. The first kappa shape index (κ1) is 24.7. The number of hydrogen-bond donors (Lipinski definition) is 0. The summed E-state index contributed by atoms with van der Waals surface area (Å²) in [4.78, 5) is 12.8. The molecule has 0 saturated carbocycles. The number of benzene rings is 3. The fourth-order valence-electron chi connectivity index (χ4n) is 3.31. The zero-order chi connectivity index (χ0) is 25.4. The number of amides is 1. The molecule has 3 aromatic carbocycles. The number of carbonyl (C=O) groups excluding carboxylic acids is 1. The summed E-state index contributed by atoms with van der Waals surface area (Å²) in [6.45, 7) is 1.53. The minimum absolute atomic E-state index is 0.0319. The van der Waals surface area contributed by atoms with Gasteiger partial charge in [-0.25, -0.2) is 22.0 Å². The van der Waals surface area contributed by atoms with E-state index in [0.29, 0.717) is 5.56 Å². The highest BCUT2D eigenvalue weighted by molar-refractivity contribution is 6.37. The van der Waals surface area contributed by atoms with Crippen LogP contribution in [0.3, 0.4) is 0 Å². The highest BCUT2D eigenvalue weighted by Gasteiger charge is 2.37. The van der Waals surface area contributed by atoms with Gasteiger partial charge in [0.1, 0.15) is 12.3 Å². The van der Waals surface area contributed by atoms with Crippen LogP contribution in [0.2, 0.25) is 10.0 Å². The molecule has 0 fully saturated rings. The van der Waals surface area contributed by atoms with E-state index in [4.69, 9.17) is 27.9 Å². The largest absolute Gasteiger partial charge is 0.486 e. The molecule has 0 bridgehead atoms. The number of halogens is 7. The van der Waals surface area contributed by atoms with Gasteiger partial charge in [0, 0.05) is 0 Å². The van der Waals surface area contributed by atoms with Crippen molar-refractivity contribution in [2.45, 2.75) is 13.5 Å². The standard InChI is InChI=1S/C24H13Cl2F5N2O2/c1-11-14(24(34)33(32-11)22-20(30)18(28)17(27)19(29)21(22)31)7-13-8-15(25)23(16(26)9-13)35-10-12-5-3-2-4-6-12/h2-9H,10H2,1H3/b14-7+. The summed E-state index contributed by atoms with van der Waals surface area (Å²) < 4.78 is 74.7. The number of rotatable bonds is 5. The summed E-state index contributed by atoms with van der Waals surface area (Å²) >= 11 is 12.6. The Morgan fingerprint density at radius 2 is 1.46 bits per heavy atom. The van der Waals surface area contributed by atoms with E-state index in [1.54, 1.807) is 0 Å². The van der Waals surface area contributed by atoms with Crippen molar-refractivity contribution in [1.29, 1.82) is 0 Å². The molecule has 0 N–H and O–H groups in total. The molecule has 0 aromatic heterocycles. The topological polar surface area (TPSA) is 41.9 Å². The van der Waals surface area contributed by atoms with Crippen molar-refractivity contribution in [2.75, 3.05) is 5.01 Å². The molecule has 4 nitrogen and oxygen atoms in total. The van der Waals surface area contributed by atoms with Crippen LogP contribution >= 0.6 is 23.2 Å². The lowest BCUT2D eigenvalue weighted by Gasteiger charge is -2.15. The summed E-state index contributed by atoms with van der Waals surface area (Å²) in [5.41, 5.74) is -0.490. The maximum absolute atomic E-state index is 14.2. The fraction of sp³-hybridized carbons (Fsp3) is 0.0833. The molecule has 0 spiro atoms. The number of nitrogens with zero attached hydrogens (tertiary/aromatic N) is 2. The minimum Gasteiger partial charge on any atom is -0.486 e. The number of anilines is 1. The van der Waals surface area contributed by atoms with Gasteiger partial charge in [-0.05, 0) is 36.3 Å². The maximum Gasteiger partial charge on any atom is 0.280 e. The SMILES string of the molecule is CC1=NN(c2c(F)c(F)c(F)c(F)c2F)C(=O)/C1=C/c1cc(Cl)c(OCc2ccccc2)c(Cl)c1. The normalized spacial score (nSPS) is 14.6. The van der Waals surface area contributed by atoms with Gasteiger partial charge in [-0.15, -0.1) is 0 Å². The summed E-state index contributed by atoms with van der Waals surface area (Å²) in [7, 11) is 0. The van der Waals surface area contributed by atoms with Crippen LogP contribution in [0.15, 0.2) is 53.1 Å². The quantitative estimate of drug-likeness (QED) is 0.154. The predicted molar refractivity (Wildman–Crippen MR) is 122 cm³/mol. The van der Waals surface area contributed by atoms with Gasteiger partial charge in [0.2, 0.25) is 5.82 Å². The number of hydrazone groups is 1. The van der Waals surface area contributed by atoms with E-state index < -0.39 is 40.7 Å². The van der Waals surface area contributed by atoms with Crippen LogP contribution < -0.4 is 9.75 Å². The second-order valence-electron chi connectivity index (χ2n) is 7.37. The van der Waals surface area contributed by atoms with Gasteiger partial charge in [-0.1, -0.05) is 53.5 Å². The number of ether oxygens (including phenoxy) is 1. The van der Waals surface area contributed by atoms with Crippen molar-refractivity contribution >= 4 is 46.6 Å². The molecule has 1 amide bonds. The van der Waals surface area contributed by atoms with Crippen LogP contribution in [0, 0.1) is 29.1 Å². The molecule has 1 aliphatic rings. The zero-order valence-corrected chi connectivity index (χ0v) is 19.2. The molecule has 180 valence electrons. The van der Waals surface area contributed by atoms with E-state index in [0.717, 1.165) is 5.56 Å². The maximum atomic E-state index is 14.2. The van der Waals surface area contributed by atoms with Crippen molar-refractivity contribution in [2.24, 2.45) is 5.10 Å². The van der Waals surface area contributed by atoms with Crippen LogP contribution in [0.25, 0.3) is 6.08 Å². The number of hydrogen-bond acceptors (Lipinski definition) is 3. The first-order chi connectivity index (χ1) is 16.6. The molecule has 3 aromatic rings. The summed E-state index contributed by atoms with van der Waals surface area (Å²) in [5, 5.41) is 4.05. The lowest BCUT2D eigenvalue weighted by Crippen LogP contribution is -2.25. The van der Waals surface area contributed by atoms with Gasteiger partial charge in [-0.3, -0.25) is 4.79 Å². The van der Waals surface area contributed by atoms with Crippen molar-refractivity contribution in [3.63, 3.8) is 0 Å². The van der Waals surface area contributed by atoms with E-state index in [2.05, 4.69) is 5.10 Å². The first-order valence-corrected chi connectivity index (χ1v) is 10.6. The molecular formula is C24H13Cl2F5N2O2. The molecule has 11 heteroatoms. The molecule has 35 heavy (non-hydrogen) atoms. The molecule has 0 unspecified atom stereocenters. The first-order valence-electron chi connectivity index (χ1n) is 9.89. The molecular weight excluding hydrogens is 514 g/mol. The van der Waals surface area contributed by atoms with Crippen LogP contribution in [0.5, 0.6) is 5.75 Å². The van der Waals surface area contributed by atoms with Crippen molar-refractivity contribution in [3.8, 4) is 5.75 Å². The predicted octanol–water partition coefficient (Wildman–Crippen LogP) is 7.07. The Hall–Kier alpha value is -3.43. The van der Waals surface area contributed by atoms with Crippen molar-refractivity contribution in [1.82, 2.24) is 0 Å². The minimum atomic E-state index is -2.34. The molecule has 0 saturated heterocycles. The second kappa shape index (κ2) is 9.67. The van der Waals surface area contributed by atoms with Gasteiger partial charge in [0.25, 0.3) is 5.91 Å². The Kier molecular flexibility index (Phi) is 6.82. The van der Waals surface area contributed by atoms with Gasteiger partial charge >= 0.3 is 0 Å². The van der Waals surface area contributed by atoms with Crippen molar-refractivity contribution < 1.29 is 31.5 Å². The van der Waals surface area contributed by atoms with Gasteiger partial charge < -0.3 is 4.74 Å². The average Bonchev–Trinajstić information content (AvgIpc) is 3.10. The molecule has 4 rings (SSSR count). The van der Waals surface area contributed by atoms with Crippen LogP contribution in [0.1, 0.15) is 18.1 Å². The van der Waals surface area contributed by atoms with E-state index in [1.165, 1.54) is 25.1 Å². The molecule has 1 heterocycles. The Labute approximate surface area is 205 Å². The third-order valence-corrected chi connectivity index (χ3v) is 5.58. The summed E-state index contributed by atoms with van der Waals surface area (Å²) in [6.07, 6.45) is 1.27. The molecule has 0 atom stereocenters. The van der Waals surface area contributed by atoms with E-state index in [9.17, 15) is 26.7 Å². The molecule has 0 radical (unpaired) electrons. The molecule has 1 aliphatic heterocycles. The number of carbonyl (C=O) groups is 1. The fourth-order valence-corrected chi connectivity index (χ4v) is 3.93. The highest BCUT2D eigenvalue weighted by Crippen LogP contribution is 2.37. The third kappa shape index (κ3) is 4.61. The van der Waals surface area contributed by atoms with Crippen LogP contribution in [0.4, 0.5) is 27.6 Å². The van der Waals surface area contributed by atoms with Crippen LogP contribution in [-0.4, -0.2) is 11.6 Å². The van der Waals surface area contributed by atoms with Gasteiger partial charge in [-0.2, -0.15) is 10.1 Å². The average molecular weight is 527 g/mol. The Balaban J connectivity index is 1.64. The highest BCUT2D eigenvalue weighted by atomic mass is 35.5. The van der Waals surface area contributed by atoms with E-state index >= 15 is 0 Å².